The van der Waals surface area contributed by atoms with Crippen molar-refractivity contribution in [3.05, 3.63) is 0 Å². The first-order valence-electron chi connectivity index (χ1n) is 3.29. The van der Waals surface area contributed by atoms with Gasteiger partial charge in [0.25, 0.3) is 0 Å². The van der Waals surface area contributed by atoms with E-state index in [2.05, 4.69) is 0 Å². The van der Waals surface area contributed by atoms with E-state index in [0.717, 1.165) is 0 Å². The first-order valence-corrected chi connectivity index (χ1v) is 3.29. The minimum absolute atomic E-state index is 0.458. The first-order chi connectivity index (χ1) is 4.63. The van der Waals surface area contributed by atoms with Gasteiger partial charge in [-0.15, -0.1) is 0 Å². The number of aliphatic carboxylic acids is 1. The maximum Gasteiger partial charge on any atom is 0.377 e. The molecule has 4 nitrogen and oxygen atoms in total. The second kappa shape index (κ2) is 2.60. The van der Waals surface area contributed by atoms with Crippen LogP contribution in [0.5, 0.6) is 0 Å². The summed E-state index contributed by atoms with van der Waals surface area (Å²) in [6.07, 6.45) is 0.653. The lowest BCUT2D eigenvalue weighted by Gasteiger charge is -2.38. The fourth-order valence-electron chi connectivity index (χ4n) is 1.12. The molecule has 0 aromatic heterocycles. The Hall–Kier alpha value is -0.545. The lowest BCUT2D eigenvalue weighted by molar-refractivity contribution is -0.145. The topological polar surface area (TPSA) is 60.8 Å². The van der Waals surface area contributed by atoms with Crippen molar-refractivity contribution < 1.29 is 14.9 Å². The molecule has 2 N–H and O–H groups in total. The molecule has 1 atom stereocenters. The molecule has 1 heterocycles. The number of hydrogen-bond acceptors (Lipinski definition) is 3. The van der Waals surface area contributed by atoms with Crippen LogP contribution in [0.4, 0.5) is 0 Å². The zero-order valence-corrected chi connectivity index (χ0v) is 5.82. The summed E-state index contributed by atoms with van der Waals surface area (Å²) in [7, 11) is -0.630. The number of hydrogen-bond donors (Lipinski definition) is 2. The molecule has 1 aliphatic heterocycles. The highest BCUT2D eigenvalue weighted by Gasteiger charge is 2.37. The Balaban J connectivity index is 2.43. The van der Waals surface area contributed by atoms with Gasteiger partial charge in [0.2, 0.25) is 0 Å². The Morgan fingerprint density at radius 1 is 1.80 bits per heavy atom. The molecule has 0 radical (unpaired) electrons. The van der Waals surface area contributed by atoms with Crippen molar-refractivity contribution in [2.45, 2.75) is 19.3 Å². The van der Waals surface area contributed by atoms with Gasteiger partial charge in [-0.3, -0.25) is 4.79 Å². The van der Waals surface area contributed by atoms with Gasteiger partial charge in [-0.25, -0.2) is 0 Å². The summed E-state index contributed by atoms with van der Waals surface area (Å²) in [5.41, 5.74) is 0. The van der Waals surface area contributed by atoms with E-state index >= 15 is 0 Å². The van der Waals surface area contributed by atoms with E-state index in [-0.39, 0.29) is 0 Å². The Labute approximate surface area is 59.6 Å². The molecular formula is C5H10BNO3. The molecule has 1 fully saturated rings. The van der Waals surface area contributed by atoms with Crippen LogP contribution in [0.2, 0.25) is 6.82 Å². The van der Waals surface area contributed by atoms with Crippen LogP contribution < -0.4 is 0 Å². The Morgan fingerprint density at radius 3 is 2.50 bits per heavy atom. The average molecular weight is 143 g/mol. The lowest BCUT2D eigenvalue weighted by atomic mass is 9.78. The Morgan fingerprint density at radius 2 is 2.40 bits per heavy atom. The maximum absolute atomic E-state index is 10.3. The molecule has 0 amide bonds. The molecule has 1 unspecified atom stereocenters. The van der Waals surface area contributed by atoms with Crippen LogP contribution in [0.25, 0.3) is 0 Å². The second-order valence-corrected chi connectivity index (χ2v) is 2.51. The molecule has 0 saturated carbocycles. The van der Waals surface area contributed by atoms with Crippen molar-refractivity contribution in [2.24, 2.45) is 0 Å². The highest BCUT2D eigenvalue weighted by molar-refractivity contribution is 6.46. The zero-order chi connectivity index (χ0) is 7.72. The molecular weight excluding hydrogens is 133 g/mol. The molecule has 5 heteroatoms. The van der Waals surface area contributed by atoms with Gasteiger partial charge >= 0.3 is 13.0 Å². The molecule has 0 aromatic carbocycles. The summed E-state index contributed by atoms with van der Waals surface area (Å²) < 4.78 is 0. The quantitative estimate of drug-likeness (QED) is 0.499. The van der Waals surface area contributed by atoms with E-state index in [1.54, 1.807) is 11.6 Å². The number of carboxylic acid groups (broad SMARTS) is 1. The van der Waals surface area contributed by atoms with E-state index in [1.165, 1.54) is 0 Å². The van der Waals surface area contributed by atoms with Gasteiger partial charge in [-0.2, -0.15) is 0 Å². The maximum atomic E-state index is 10.3. The Bertz CT molecular complexity index is 150. The fourth-order valence-corrected chi connectivity index (χ4v) is 1.12. The van der Waals surface area contributed by atoms with Gasteiger partial charge in [0.15, 0.2) is 0 Å². The van der Waals surface area contributed by atoms with Crippen molar-refractivity contribution >= 4 is 13.0 Å². The van der Waals surface area contributed by atoms with E-state index < -0.39 is 19.1 Å². The van der Waals surface area contributed by atoms with Gasteiger partial charge < -0.3 is 14.9 Å². The summed E-state index contributed by atoms with van der Waals surface area (Å²) in [5.74, 6) is -0.841. The fraction of sp³-hybridized carbons (Fsp3) is 0.800. The van der Waals surface area contributed by atoms with Crippen LogP contribution in [-0.4, -0.2) is 40.5 Å². The van der Waals surface area contributed by atoms with Crippen LogP contribution in [-0.2, 0) is 4.79 Å². The largest absolute Gasteiger partial charge is 0.480 e. The SMILES string of the molecule is CB(O)N1CCC1C(=O)O. The third kappa shape index (κ3) is 1.15. The van der Waals surface area contributed by atoms with Crippen LogP contribution >= 0.6 is 0 Å². The van der Waals surface area contributed by atoms with E-state index in [4.69, 9.17) is 10.1 Å². The standard InChI is InChI=1S/C5H10BNO3/c1-6(10)7-3-2-4(7)5(8)9/h4,10H,2-3H2,1H3,(H,8,9). The van der Waals surface area contributed by atoms with Gasteiger partial charge in [0, 0.05) is 0 Å². The number of carbonyl (C=O) groups is 1. The van der Waals surface area contributed by atoms with Crippen LogP contribution in [0.3, 0.4) is 0 Å². The summed E-state index contributed by atoms with van der Waals surface area (Å²) in [4.78, 5) is 11.9. The molecule has 1 aliphatic rings. The molecule has 10 heavy (non-hydrogen) atoms. The van der Waals surface area contributed by atoms with Gasteiger partial charge in [0.05, 0.1) is 0 Å². The van der Waals surface area contributed by atoms with Crippen LogP contribution in [0, 0.1) is 0 Å². The molecule has 1 rings (SSSR count). The van der Waals surface area contributed by atoms with Crippen molar-refractivity contribution in [3.8, 4) is 0 Å². The molecule has 0 bridgehead atoms. The van der Waals surface area contributed by atoms with E-state index in [9.17, 15) is 4.79 Å². The van der Waals surface area contributed by atoms with Crippen LogP contribution in [0.1, 0.15) is 6.42 Å². The monoisotopic (exact) mass is 143 g/mol. The molecule has 0 spiro atoms. The summed E-state index contributed by atoms with van der Waals surface area (Å²) >= 11 is 0. The van der Waals surface area contributed by atoms with E-state index in [0.29, 0.717) is 13.0 Å². The van der Waals surface area contributed by atoms with Crippen molar-refractivity contribution in [2.75, 3.05) is 6.54 Å². The number of rotatable bonds is 2. The van der Waals surface area contributed by atoms with E-state index in [1.807, 2.05) is 0 Å². The average Bonchev–Trinajstić information content (AvgIpc) is 1.56. The van der Waals surface area contributed by atoms with Crippen molar-refractivity contribution in [3.63, 3.8) is 0 Å². The van der Waals surface area contributed by atoms with Crippen LogP contribution in [0.15, 0.2) is 0 Å². The third-order valence-corrected chi connectivity index (χ3v) is 1.83. The van der Waals surface area contributed by atoms with Crippen molar-refractivity contribution in [1.29, 1.82) is 0 Å². The summed E-state index contributed by atoms with van der Waals surface area (Å²) in [5, 5.41) is 17.5. The smallest absolute Gasteiger partial charge is 0.377 e. The third-order valence-electron chi connectivity index (χ3n) is 1.83. The minimum atomic E-state index is -0.841. The summed E-state index contributed by atoms with van der Waals surface area (Å²) in [6, 6.07) is -0.458. The van der Waals surface area contributed by atoms with Gasteiger partial charge in [0.1, 0.15) is 6.04 Å². The zero-order valence-electron chi connectivity index (χ0n) is 5.82. The first kappa shape index (κ1) is 7.56. The molecule has 0 aliphatic carbocycles. The predicted octanol–water partition coefficient (Wildman–Crippen LogP) is -0.744. The highest BCUT2D eigenvalue weighted by Crippen LogP contribution is 2.17. The minimum Gasteiger partial charge on any atom is -0.480 e. The van der Waals surface area contributed by atoms with Gasteiger partial charge in [-0.1, -0.05) is 0 Å². The number of carboxylic acids is 1. The molecule has 0 aromatic rings. The summed E-state index contributed by atoms with van der Waals surface area (Å²) in [6.45, 7) is 2.27. The molecule has 1 saturated heterocycles. The normalized spacial score (nSPS) is 25.6. The lowest BCUT2D eigenvalue weighted by Crippen LogP contribution is -2.58. The van der Waals surface area contributed by atoms with Crippen molar-refractivity contribution in [1.82, 2.24) is 4.81 Å². The Kier molecular flexibility index (Phi) is 1.96. The highest BCUT2D eigenvalue weighted by atomic mass is 16.4. The number of nitrogens with zero attached hydrogens (tertiary/aromatic N) is 1. The predicted molar refractivity (Wildman–Crippen MR) is 36.6 cm³/mol. The second-order valence-electron chi connectivity index (χ2n) is 2.51. The molecule has 56 valence electrons. The van der Waals surface area contributed by atoms with Gasteiger partial charge in [-0.05, 0) is 19.8 Å².